The maximum absolute atomic E-state index is 14.9. The van der Waals surface area contributed by atoms with Crippen LogP contribution in [-0.4, -0.2) is 31.3 Å². The Labute approximate surface area is 200 Å². The van der Waals surface area contributed by atoms with Gasteiger partial charge in [0.15, 0.2) is 0 Å². The lowest BCUT2D eigenvalue weighted by atomic mass is 9.89. The van der Waals surface area contributed by atoms with E-state index in [2.05, 4.69) is 11.3 Å². The molecule has 2 fully saturated rings. The summed E-state index contributed by atoms with van der Waals surface area (Å²) in [6, 6.07) is 6.00. The zero-order valence-electron chi connectivity index (χ0n) is 19.0. The summed E-state index contributed by atoms with van der Waals surface area (Å²) in [5.74, 6) is -1.21. The second-order valence-electron chi connectivity index (χ2n) is 9.56. The van der Waals surface area contributed by atoms with Gasteiger partial charge in [-0.25, -0.2) is 23.7 Å². The Bertz CT molecular complexity index is 1450. The highest BCUT2D eigenvalue weighted by Gasteiger charge is 2.31. The molecule has 3 aliphatic rings. The molecule has 7 rings (SSSR count). The Balaban J connectivity index is 1.30. The fraction of sp³-hybridized carbons (Fsp3) is 0.385. The van der Waals surface area contributed by atoms with Gasteiger partial charge in [0.25, 0.3) is 0 Å². The maximum Gasteiger partial charge on any atom is 0.135 e. The summed E-state index contributed by atoms with van der Waals surface area (Å²) in [6.45, 7) is 1.36. The first-order chi connectivity index (χ1) is 17.1. The summed E-state index contributed by atoms with van der Waals surface area (Å²) < 4.78 is 42.2. The van der Waals surface area contributed by atoms with Gasteiger partial charge in [-0.3, -0.25) is 4.68 Å². The third-order valence-electron chi connectivity index (χ3n) is 7.11. The zero-order valence-corrected chi connectivity index (χ0v) is 19.0. The summed E-state index contributed by atoms with van der Waals surface area (Å²) in [7, 11) is 0. The molecule has 3 aromatic heterocycles. The van der Waals surface area contributed by atoms with Crippen LogP contribution in [0, 0.1) is 11.6 Å². The van der Waals surface area contributed by atoms with Crippen LogP contribution in [0.2, 0.25) is 0 Å². The molecule has 0 radical (unpaired) electrons. The molecule has 0 N–H and O–H groups in total. The second-order valence-corrected chi connectivity index (χ2v) is 9.56. The lowest BCUT2D eigenvalue weighted by Gasteiger charge is -2.29. The summed E-state index contributed by atoms with van der Waals surface area (Å²) in [6.07, 6.45) is 7.79. The monoisotopic (exact) mass is 475 g/mol. The normalized spacial score (nSPS) is 22.0. The van der Waals surface area contributed by atoms with Crippen molar-refractivity contribution in [1.29, 1.82) is 0 Å². The number of rotatable bonds is 4. The Morgan fingerprint density at radius 1 is 0.971 bits per heavy atom. The Kier molecular flexibility index (Phi) is 4.89. The minimum Gasteiger partial charge on any atom is -0.373 e. The van der Waals surface area contributed by atoms with Crippen molar-refractivity contribution in [1.82, 2.24) is 24.7 Å². The van der Waals surface area contributed by atoms with Crippen molar-refractivity contribution in [2.45, 2.75) is 57.0 Å². The lowest BCUT2D eigenvalue weighted by molar-refractivity contribution is 0.00462. The van der Waals surface area contributed by atoms with E-state index >= 15 is 0 Å². The van der Waals surface area contributed by atoms with Crippen LogP contribution in [0.25, 0.3) is 22.3 Å². The minimum absolute atomic E-state index is 0.0794. The Morgan fingerprint density at radius 2 is 1.83 bits per heavy atom. The number of halogens is 2. The molecule has 0 bridgehead atoms. The van der Waals surface area contributed by atoms with Crippen molar-refractivity contribution in [2.75, 3.05) is 6.61 Å². The van der Waals surface area contributed by atoms with Crippen molar-refractivity contribution in [3.05, 3.63) is 70.9 Å². The molecular weight excluding hydrogens is 452 g/mol. The van der Waals surface area contributed by atoms with Crippen molar-refractivity contribution in [2.24, 2.45) is 0 Å². The van der Waals surface area contributed by atoms with Gasteiger partial charge in [-0.15, -0.1) is 0 Å². The van der Waals surface area contributed by atoms with Gasteiger partial charge in [-0.1, -0.05) is 0 Å². The van der Waals surface area contributed by atoms with Gasteiger partial charge < -0.3 is 9.47 Å². The Morgan fingerprint density at radius 3 is 2.66 bits per heavy atom. The van der Waals surface area contributed by atoms with E-state index in [1.807, 2.05) is 16.9 Å². The van der Waals surface area contributed by atoms with E-state index in [1.165, 1.54) is 25.0 Å². The van der Waals surface area contributed by atoms with Crippen molar-refractivity contribution < 1.29 is 18.3 Å². The highest BCUT2D eigenvalue weighted by molar-refractivity contribution is 5.89. The second kappa shape index (κ2) is 8.13. The molecule has 1 saturated carbocycles. The number of ether oxygens (including phenoxy) is 2. The average molecular weight is 475 g/mol. The van der Waals surface area contributed by atoms with Crippen LogP contribution >= 0.6 is 0 Å². The fourth-order valence-electron chi connectivity index (χ4n) is 5.06. The lowest BCUT2D eigenvalue weighted by Crippen LogP contribution is -2.19. The largest absolute Gasteiger partial charge is 0.373 e. The molecule has 0 amide bonds. The number of benzene rings is 1. The smallest absolute Gasteiger partial charge is 0.135 e. The molecule has 35 heavy (non-hydrogen) atoms. The van der Waals surface area contributed by atoms with E-state index in [0.717, 1.165) is 41.6 Å². The van der Waals surface area contributed by atoms with Gasteiger partial charge in [-0.05, 0) is 43.9 Å². The Hall–Kier alpha value is -3.30. The molecule has 1 saturated heterocycles. The predicted octanol–water partition coefficient (Wildman–Crippen LogP) is 5.17. The van der Waals surface area contributed by atoms with Crippen LogP contribution in [0.4, 0.5) is 8.78 Å². The van der Waals surface area contributed by atoms with E-state index in [-0.39, 0.29) is 17.6 Å². The van der Waals surface area contributed by atoms with E-state index in [4.69, 9.17) is 24.4 Å². The predicted molar refractivity (Wildman–Crippen MR) is 122 cm³/mol. The van der Waals surface area contributed by atoms with Gasteiger partial charge in [0.2, 0.25) is 0 Å². The van der Waals surface area contributed by atoms with Crippen molar-refractivity contribution in [3.63, 3.8) is 0 Å². The quantitative estimate of drug-likeness (QED) is 0.406. The topological polar surface area (TPSA) is 75.0 Å². The molecule has 0 spiro atoms. The molecular formula is C26H23F2N5O2. The first kappa shape index (κ1) is 21.0. The molecule has 2 atom stereocenters. The fourth-order valence-corrected chi connectivity index (χ4v) is 5.06. The molecule has 9 heteroatoms. The van der Waals surface area contributed by atoms with Gasteiger partial charge in [0.1, 0.15) is 22.8 Å². The highest BCUT2D eigenvalue weighted by atomic mass is 19.1. The molecule has 1 aromatic carbocycles. The van der Waals surface area contributed by atoms with Gasteiger partial charge in [0, 0.05) is 41.6 Å². The standard InChI is InChI=1S/C26H23F2N5O2/c27-16-1-4-18(19(28)8-16)25-26-21(30-22-12-34-13-23(22)32-26)9-20(31-25)14-5-6-35-24(7-14)15-10-29-33(11-15)17-2-3-17/h1,4,8-11,14,17,24H,2-3,5-7,12-13H2/t14-,24+/m0/s1. The first-order valence-corrected chi connectivity index (χ1v) is 12.0. The van der Waals surface area contributed by atoms with Crippen LogP contribution in [-0.2, 0) is 22.7 Å². The summed E-state index contributed by atoms with van der Waals surface area (Å²) in [5, 5.41) is 4.51. The number of nitrogens with zero attached hydrogens (tertiary/aromatic N) is 5. The number of hydrogen-bond donors (Lipinski definition) is 0. The summed E-state index contributed by atoms with van der Waals surface area (Å²) in [5.41, 5.74) is 5.13. The number of fused-ring (bicyclic) bond motifs is 2. The molecule has 7 nitrogen and oxygen atoms in total. The maximum atomic E-state index is 14.9. The molecule has 1 aliphatic carbocycles. The number of pyridine rings is 1. The average Bonchev–Trinajstić information content (AvgIpc) is 3.41. The van der Waals surface area contributed by atoms with E-state index in [0.29, 0.717) is 42.6 Å². The summed E-state index contributed by atoms with van der Waals surface area (Å²) in [4.78, 5) is 14.4. The van der Waals surface area contributed by atoms with Crippen LogP contribution in [0.15, 0.2) is 36.7 Å². The van der Waals surface area contributed by atoms with Crippen LogP contribution in [0.5, 0.6) is 0 Å². The van der Waals surface area contributed by atoms with Gasteiger partial charge in [0.05, 0.1) is 48.5 Å². The van der Waals surface area contributed by atoms with Gasteiger partial charge >= 0.3 is 0 Å². The molecule has 4 aromatic rings. The molecule has 5 heterocycles. The van der Waals surface area contributed by atoms with Crippen LogP contribution in [0.3, 0.4) is 0 Å². The van der Waals surface area contributed by atoms with Crippen molar-refractivity contribution >= 4 is 11.0 Å². The zero-order chi connectivity index (χ0) is 23.5. The van der Waals surface area contributed by atoms with Crippen LogP contribution < -0.4 is 0 Å². The van der Waals surface area contributed by atoms with E-state index in [9.17, 15) is 8.78 Å². The van der Waals surface area contributed by atoms with Gasteiger partial charge in [-0.2, -0.15) is 5.10 Å². The van der Waals surface area contributed by atoms with E-state index < -0.39 is 11.6 Å². The number of hydrogen-bond acceptors (Lipinski definition) is 6. The number of aromatic nitrogens is 5. The summed E-state index contributed by atoms with van der Waals surface area (Å²) >= 11 is 0. The third-order valence-corrected chi connectivity index (χ3v) is 7.11. The van der Waals surface area contributed by atoms with Crippen molar-refractivity contribution in [3.8, 4) is 11.3 Å². The molecule has 0 unspecified atom stereocenters. The highest BCUT2D eigenvalue weighted by Crippen LogP contribution is 2.40. The SMILES string of the molecule is Fc1ccc(-c2nc([C@H]3CCO[C@@H](c4cnn(C5CC5)c4)C3)cc3nc4c(nc23)COC4)c(F)c1. The first-order valence-electron chi connectivity index (χ1n) is 12.0. The van der Waals surface area contributed by atoms with E-state index in [1.54, 1.807) is 0 Å². The third kappa shape index (κ3) is 3.79. The van der Waals surface area contributed by atoms with Crippen LogP contribution in [0.1, 0.15) is 66.4 Å². The molecule has 2 aliphatic heterocycles. The minimum atomic E-state index is -0.674. The molecule has 178 valence electrons.